The van der Waals surface area contributed by atoms with Crippen LogP contribution in [0.1, 0.15) is 27.7 Å². The molecular weight excluding hydrogens is 264 g/mol. The molecule has 0 saturated heterocycles. The van der Waals surface area contributed by atoms with E-state index in [4.69, 9.17) is 19.7 Å². The summed E-state index contributed by atoms with van der Waals surface area (Å²) < 4.78 is 10.7. The molecule has 6 heteroatoms. The fraction of sp³-hybridized carbons (Fsp3) is 0.429. The summed E-state index contributed by atoms with van der Waals surface area (Å²) in [5, 5.41) is 18.0. The molecule has 0 saturated carbocycles. The van der Waals surface area contributed by atoms with Crippen molar-refractivity contribution < 1.29 is 29.3 Å². The van der Waals surface area contributed by atoms with Crippen LogP contribution in [0.4, 0.5) is 0 Å². The van der Waals surface area contributed by atoms with Crippen LogP contribution in [0.2, 0.25) is 0 Å². The molecule has 1 aromatic rings. The Morgan fingerprint density at radius 2 is 1.25 bits per heavy atom. The minimum atomic E-state index is -1.39. The molecule has 0 spiro atoms. The molecule has 0 heterocycles. The highest BCUT2D eigenvalue weighted by Crippen LogP contribution is 2.26. The zero-order valence-corrected chi connectivity index (χ0v) is 11.8. The van der Waals surface area contributed by atoms with Gasteiger partial charge in [0.25, 0.3) is 0 Å². The van der Waals surface area contributed by atoms with E-state index in [0.717, 1.165) is 0 Å². The molecule has 110 valence electrons. The number of carboxylic acid groups (broad SMARTS) is 2. The molecule has 0 aliphatic heterocycles. The third-order valence-electron chi connectivity index (χ3n) is 2.58. The van der Waals surface area contributed by atoms with Gasteiger partial charge >= 0.3 is 11.9 Å². The van der Waals surface area contributed by atoms with E-state index < -0.39 is 23.1 Å². The van der Waals surface area contributed by atoms with Gasteiger partial charge in [-0.1, -0.05) is 6.07 Å². The third-order valence-corrected chi connectivity index (χ3v) is 2.58. The van der Waals surface area contributed by atoms with Crippen LogP contribution in [0, 0.1) is 0 Å². The number of carbonyl (C=O) groups is 2. The smallest absolute Gasteiger partial charge is 0.347 e. The first kappa shape index (κ1) is 15.8. The lowest BCUT2D eigenvalue weighted by Crippen LogP contribution is -2.38. The lowest BCUT2D eigenvalue weighted by molar-refractivity contribution is -0.152. The predicted octanol–water partition coefficient (Wildman–Crippen LogP) is 2.17. The van der Waals surface area contributed by atoms with Crippen LogP contribution in [0.5, 0.6) is 11.5 Å². The zero-order chi connectivity index (χ0) is 15.6. The Morgan fingerprint density at radius 3 is 1.55 bits per heavy atom. The van der Waals surface area contributed by atoms with E-state index in [0.29, 0.717) is 0 Å². The average Bonchev–Trinajstić information content (AvgIpc) is 2.27. The second kappa shape index (κ2) is 5.40. The molecule has 0 unspecified atom stereocenters. The summed E-state index contributed by atoms with van der Waals surface area (Å²) in [6, 6.07) is 6.20. The molecule has 0 atom stereocenters. The number of hydrogen-bond donors (Lipinski definition) is 2. The Labute approximate surface area is 116 Å². The molecule has 0 bridgehead atoms. The predicted molar refractivity (Wildman–Crippen MR) is 71.1 cm³/mol. The number of ether oxygens (including phenoxy) is 2. The third kappa shape index (κ3) is 3.88. The molecular formula is C14H18O6. The Kier molecular flexibility index (Phi) is 4.27. The maximum absolute atomic E-state index is 11.0. The van der Waals surface area contributed by atoms with Crippen LogP contribution in [-0.4, -0.2) is 33.4 Å². The minimum Gasteiger partial charge on any atom is -0.478 e. The lowest BCUT2D eigenvalue weighted by Gasteiger charge is -2.24. The highest BCUT2D eigenvalue weighted by Gasteiger charge is 2.31. The van der Waals surface area contributed by atoms with E-state index >= 15 is 0 Å². The van der Waals surface area contributed by atoms with Crippen molar-refractivity contribution in [3.8, 4) is 11.5 Å². The van der Waals surface area contributed by atoms with Gasteiger partial charge in [-0.2, -0.15) is 0 Å². The molecule has 20 heavy (non-hydrogen) atoms. The maximum Gasteiger partial charge on any atom is 0.347 e. The van der Waals surface area contributed by atoms with Gasteiger partial charge in [0.05, 0.1) is 0 Å². The summed E-state index contributed by atoms with van der Waals surface area (Å²) in [7, 11) is 0. The van der Waals surface area contributed by atoms with Crippen molar-refractivity contribution in [2.45, 2.75) is 38.9 Å². The highest BCUT2D eigenvalue weighted by atomic mass is 16.5. The van der Waals surface area contributed by atoms with E-state index in [1.165, 1.54) is 33.8 Å². The van der Waals surface area contributed by atoms with E-state index in [1.54, 1.807) is 18.2 Å². The molecule has 6 nitrogen and oxygen atoms in total. The van der Waals surface area contributed by atoms with Gasteiger partial charge in [-0.15, -0.1) is 0 Å². The summed E-state index contributed by atoms with van der Waals surface area (Å²) in [6.45, 7) is 5.68. The Morgan fingerprint density at radius 1 is 0.900 bits per heavy atom. The monoisotopic (exact) mass is 282 g/mol. The minimum absolute atomic E-state index is 0.288. The van der Waals surface area contributed by atoms with Gasteiger partial charge in [-0.3, -0.25) is 0 Å². The van der Waals surface area contributed by atoms with E-state index in [-0.39, 0.29) is 11.5 Å². The lowest BCUT2D eigenvalue weighted by atomic mass is 10.1. The summed E-state index contributed by atoms with van der Waals surface area (Å²) in [5.41, 5.74) is -2.78. The summed E-state index contributed by atoms with van der Waals surface area (Å²) >= 11 is 0. The van der Waals surface area contributed by atoms with Crippen molar-refractivity contribution in [1.82, 2.24) is 0 Å². The average molecular weight is 282 g/mol. The van der Waals surface area contributed by atoms with Crippen LogP contribution < -0.4 is 9.47 Å². The van der Waals surface area contributed by atoms with Crippen LogP contribution in [0.25, 0.3) is 0 Å². The first-order valence-corrected chi connectivity index (χ1v) is 5.99. The Balaban J connectivity index is 2.92. The van der Waals surface area contributed by atoms with Crippen LogP contribution in [0.3, 0.4) is 0 Å². The van der Waals surface area contributed by atoms with E-state index in [9.17, 15) is 9.59 Å². The molecule has 0 fully saturated rings. The Hall–Kier alpha value is -2.24. The number of rotatable bonds is 6. The van der Waals surface area contributed by atoms with Gasteiger partial charge in [0, 0.05) is 6.07 Å². The second-order valence-corrected chi connectivity index (χ2v) is 5.31. The van der Waals surface area contributed by atoms with Crippen molar-refractivity contribution in [2.75, 3.05) is 0 Å². The molecule has 0 radical (unpaired) electrons. The van der Waals surface area contributed by atoms with Gasteiger partial charge in [0.1, 0.15) is 11.5 Å². The highest BCUT2D eigenvalue weighted by molar-refractivity contribution is 5.77. The van der Waals surface area contributed by atoms with Crippen molar-refractivity contribution in [2.24, 2.45) is 0 Å². The van der Waals surface area contributed by atoms with Crippen LogP contribution in [-0.2, 0) is 9.59 Å². The molecule has 0 amide bonds. The first-order valence-electron chi connectivity index (χ1n) is 5.99. The Bertz CT molecular complexity index is 475. The standard InChI is InChI=1S/C14H18O6/c1-13(2,11(15)16)19-9-6-5-7-10(8-9)20-14(3,4)12(17)18/h5-8H,1-4H3,(H,15,16)(H,17,18). The SMILES string of the molecule is CC(C)(Oc1cccc(OC(C)(C)C(=O)O)c1)C(=O)O. The maximum atomic E-state index is 11.0. The quantitative estimate of drug-likeness (QED) is 0.830. The molecule has 2 N–H and O–H groups in total. The van der Waals surface area contributed by atoms with Gasteiger partial charge in [-0.25, -0.2) is 9.59 Å². The van der Waals surface area contributed by atoms with Crippen molar-refractivity contribution in [3.05, 3.63) is 24.3 Å². The fourth-order valence-electron chi connectivity index (χ4n) is 1.28. The van der Waals surface area contributed by atoms with Gasteiger partial charge in [0.2, 0.25) is 0 Å². The molecule has 0 aromatic heterocycles. The van der Waals surface area contributed by atoms with Crippen molar-refractivity contribution in [3.63, 3.8) is 0 Å². The van der Waals surface area contributed by atoms with Crippen LogP contribution >= 0.6 is 0 Å². The summed E-state index contributed by atoms with van der Waals surface area (Å²) in [5.74, 6) is -1.63. The number of benzene rings is 1. The van der Waals surface area contributed by atoms with Gasteiger partial charge < -0.3 is 19.7 Å². The molecule has 1 rings (SSSR count). The van der Waals surface area contributed by atoms with E-state index in [1.807, 2.05) is 0 Å². The summed E-state index contributed by atoms with van der Waals surface area (Å²) in [4.78, 5) is 22.0. The van der Waals surface area contributed by atoms with Crippen LogP contribution in [0.15, 0.2) is 24.3 Å². The second-order valence-electron chi connectivity index (χ2n) is 5.31. The van der Waals surface area contributed by atoms with Gasteiger partial charge in [-0.05, 0) is 39.8 Å². The summed E-state index contributed by atoms with van der Waals surface area (Å²) in [6.07, 6.45) is 0. The topological polar surface area (TPSA) is 93.1 Å². The zero-order valence-electron chi connectivity index (χ0n) is 11.8. The molecule has 0 aliphatic rings. The normalized spacial score (nSPS) is 11.8. The molecule has 1 aromatic carbocycles. The van der Waals surface area contributed by atoms with E-state index in [2.05, 4.69) is 0 Å². The molecule has 0 aliphatic carbocycles. The fourth-order valence-corrected chi connectivity index (χ4v) is 1.28. The number of aliphatic carboxylic acids is 2. The number of carboxylic acids is 2. The van der Waals surface area contributed by atoms with Gasteiger partial charge in [0.15, 0.2) is 11.2 Å². The van der Waals surface area contributed by atoms with Crippen molar-refractivity contribution >= 4 is 11.9 Å². The van der Waals surface area contributed by atoms with Crippen molar-refractivity contribution in [1.29, 1.82) is 0 Å². The first-order chi connectivity index (χ1) is 9.04. The number of hydrogen-bond acceptors (Lipinski definition) is 4. The largest absolute Gasteiger partial charge is 0.478 e.